The maximum Gasteiger partial charge on any atom is 0.305 e. The fourth-order valence-electron chi connectivity index (χ4n) is 9.67. The van der Waals surface area contributed by atoms with Crippen LogP contribution in [0.5, 0.6) is 0 Å². The van der Waals surface area contributed by atoms with Crippen LogP contribution in [-0.2, 0) is 9.53 Å². The Morgan fingerprint density at radius 2 is 0.444 bits per heavy atom. The molecule has 0 atom stereocenters. The molecule has 0 rings (SSSR count). The average Bonchev–Trinajstić information content (AvgIpc) is 3.29. The van der Waals surface area contributed by atoms with Crippen molar-refractivity contribution in [3.05, 3.63) is 12.2 Å². The zero-order chi connectivity index (χ0) is 45.3. The highest BCUT2D eigenvalue weighted by Gasteiger charge is 2.03. The average molecular weight is 886 g/mol. The van der Waals surface area contributed by atoms with E-state index in [4.69, 9.17) is 4.74 Å². The van der Waals surface area contributed by atoms with E-state index in [9.17, 15) is 4.79 Å². The molecule has 0 N–H and O–H groups in total. The SMILES string of the molecule is CCCCCCCCC=CCCCCCCCCCCCCCC(=O)OCCCCCCCCCCCCCCCCCCCCCCCCCCCCCCCCCCCCC. The van der Waals surface area contributed by atoms with Gasteiger partial charge in [0.1, 0.15) is 0 Å². The zero-order valence-corrected chi connectivity index (χ0v) is 44.1. The van der Waals surface area contributed by atoms with Crippen molar-refractivity contribution in [2.45, 2.75) is 367 Å². The Kier molecular flexibility index (Phi) is 58.5. The molecule has 0 unspecified atom stereocenters. The number of esters is 1. The topological polar surface area (TPSA) is 26.3 Å². The van der Waals surface area contributed by atoms with Crippen molar-refractivity contribution in [1.82, 2.24) is 0 Å². The third kappa shape index (κ3) is 59.2. The van der Waals surface area contributed by atoms with E-state index in [0.29, 0.717) is 13.0 Å². The van der Waals surface area contributed by atoms with Gasteiger partial charge in [-0.15, -0.1) is 0 Å². The molecule has 0 bridgehead atoms. The van der Waals surface area contributed by atoms with Crippen LogP contribution in [0, 0.1) is 0 Å². The Morgan fingerprint density at radius 1 is 0.254 bits per heavy atom. The van der Waals surface area contributed by atoms with Crippen molar-refractivity contribution in [3.63, 3.8) is 0 Å². The Balaban J connectivity index is 3.15. The molecule has 0 aromatic rings. The van der Waals surface area contributed by atoms with Crippen molar-refractivity contribution in [3.8, 4) is 0 Å². The molecule has 0 aliphatic carbocycles. The van der Waals surface area contributed by atoms with Gasteiger partial charge in [0.15, 0.2) is 0 Å². The zero-order valence-electron chi connectivity index (χ0n) is 44.1. The second kappa shape index (κ2) is 59.2. The molecular weight excluding hydrogens is 765 g/mol. The van der Waals surface area contributed by atoms with E-state index in [0.717, 1.165) is 12.8 Å². The fourth-order valence-corrected chi connectivity index (χ4v) is 9.67. The number of hydrogen-bond donors (Lipinski definition) is 0. The molecular formula is C61H120O2. The number of carbonyl (C=O) groups is 1. The van der Waals surface area contributed by atoms with Gasteiger partial charge in [-0.1, -0.05) is 334 Å². The largest absolute Gasteiger partial charge is 0.466 e. The van der Waals surface area contributed by atoms with Crippen LogP contribution in [0.3, 0.4) is 0 Å². The van der Waals surface area contributed by atoms with E-state index in [1.165, 1.54) is 334 Å². The van der Waals surface area contributed by atoms with E-state index < -0.39 is 0 Å². The number of rotatable bonds is 57. The van der Waals surface area contributed by atoms with Gasteiger partial charge in [-0.3, -0.25) is 4.79 Å². The molecule has 0 saturated carbocycles. The first kappa shape index (κ1) is 62.2. The first-order valence-corrected chi connectivity index (χ1v) is 30.1. The Bertz CT molecular complexity index is 833. The molecule has 63 heavy (non-hydrogen) atoms. The number of allylic oxidation sites excluding steroid dienone is 2. The fraction of sp³-hybridized carbons (Fsp3) is 0.951. The van der Waals surface area contributed by atoms with Crippen molar-refractivity contribution in [2.24, 2.45) is 0 Å². The van der Waals surface area contributed by atoms with E-state index >= 15 is 0 Å². The highest BCUT2D eigenvalue weighted by molar-refractivity contribution is 5.69. The summed E-state index contributed by atoms with van der Waals surface area (Å²) in [5, 5.41) is 0. The number of unbranched alkanes of at least 4 members (excludes halogenated alkanes) is 51. The number of ether oxygens (including phenoxy) is 1. The van der Waals surface area contributed by atoms with Gasteiger partial charge in [0.2, 0.25) is 0 Å². The van der Waals surface area contributed by atoms with E-state index in [2.05, 4.69) is 26.0 Å². The van der Waals surface area contributed by atoms with Crippen LogP contribution in [0.4, 0.5) is 0 Å². The van der Waals surface area contributed by atoms with Crippen LogP contribution in [-0.4, -0.2) is 12.6 Å². The van der Waals surface area contributed by atoms with Gasteiger partial charge in [0, 0.05) is 6.42 Å². The van der Waals surface area contributed by atoms with Crippen molar-refractivity contribution < 1.29 is 9.53 Å². The minimum absolute atomic E-state index is 0.0319. The van der Waals surface area contributed by atoms with Crippen molar-refractivity contribution in [1.29, 1.82) is 0 Å². The third-order valence-electron chi connectivity index (χ3n) is 14.2. The molecule has 0 aromatic heterocycles. The molecule has 0 aliphatic heterocycles. The summed E-state index contributed by atoms with van der Waals surface area (Å²) < 4.78 is 5.51. The molecule has 0 amide bonds. The summed E-state index contributed by atoms with van der Waals surface area (Å²) in [6, 6.07) is 0. The summed E-state index contributed by atoms with van der Waals surface area (Å²) in [6.07, 6.45) is 81.3. The first-order chi connectivity index (χ1) is 31.3. The van der Waals surface area contributed by atoms with Crippen LogP contribution in [0.2, 0.25) is 0 Å². The van der Waals surface area contributed by atoms with Crippen molar-refractivity contribution >= 4 is 5.97 Å². The highest BCUT2D eigenvalue weighted by atomic mass is 16.5. The summed E-state index contributed by atoms with van der Waals surface area (Å²) >= 11 is 0. The summed E-state index contributed by atoms with van der Waals surface area (Å²) in [7, 11) is 0. The predicted molar refractivity (Wildman–Crippen MR) is 285 cm³/mol. The Hall–Kier alpha value is -0.790. The standard InChI is InChI=1S/C61H120O2/c1-3-5-7-9-11-13-15-17-19-21-23-25-26-27-28-29-30-31-32-33-34-35-36-37-38-40-42-44-46-48-50-52-54-56-58-60-63-61(62)59-57-55-53-51-49-47-45-43-41-39-24-22-20-18-16-14-12-10-8-6-4-2/h18,20H,3-17,19,21-60H2,1-2H3. The molecule has 376 valence electrons. The molecule has 0 spiro atoms. The van der Waals surface area contributed by atoms with Gasteiger partial charge in [0.05, 0.1) is 6.61 Å². The molecule has 0 heterocycles. The summed E-state index contributed by atoms with van der Waals surface area (Å²) in [5.74, 6) is 0.0319. The normalized spacial score (nSPS) is 11.7. The number of hydrogen-bond acceptors (Lipinski definition) is 2. The van der Waals surface area contributed by atoms with Crippen LogP contribution in [0.1, 0.15) is 367 Å². The molecule has 2 nitrogen and oxygen atoms in total. The first-order valence-electron chi connectivity index (χ1n) is 30.1. The quantitative estimate of drug-likeness (QED) is 0.0346. The summed E-state index contributed by atoms with van der Waals surface area (Å²) in [4.78, 5) is 12.1. The lowest BCUT2D eigenvalue weighted by molar-refractivity contribution is -0.143. The monoisotopic (exact) mass is 885 g/mol. The summed E-state index contributed by atoms with van der Waals surface area (Å²) in [5.41, 5.74) is 0. The van der Waals surface area contributed by atoms with Crippen LogP contribution in [0.25, 0.3) is 0 Å². The van der Waals surface area contributed by atoms with Gasteiger partial charge >= 0.3 is 5.97 Å². The van der Waals surface area contributed by atoms with Crippen LogP contribution < -0.4 is 0 Å². The minimum atomic E-state index is 0.0319. The lowest BCUT2D eigenvalue weighted by Gasteiger charge is -2.06. The molecule has 0 aliphatic rings. The minimum Gasteiger partial charge on any atom is -0.466 e. The maximum atomic E-state index is 12.1. The lowest BCUT2D eigenvalue weighted by atomic mass is 10.0. The summed E-state index contributed by atoms with van der Waals surface area (Å²) in [6.45, 7) is 5.23. The van der Waals surface area contributed by atoms with Gasteiger partial charge in [-0.25, -0.2) is 0 Å². The molecule has 0 radical (unpaired) electrons. The molecule has 2 heteroatoms. The third-order valence-corrected chi connectivity index (χ3v) is 14.2. The van der Waals surface area contributed by atoms with E-state index in [-0.39, 0.29) is 5.97 Å². The molecule has 0 fully saturated rings. The number of carbonyl (C=O) groups excluding carboxylic acids is 1. The van der Waals surface area contributed by atoms with Gasteiger partial charge < -0.3 is 4.74 Å². The maximum absolute atomic E-state index is 12.1. The van der Waals surface area contributed by atoms with E-state index in [1.54, 1.807) is 0 Å². The second-order valence-corrected chi connectivity index (χ2v) is 20.7. The highest BCUT2D eigenvalue weighted by Crippen LogP contribution is 2.18. The molecule has 0 aromatic carbocycles. The Morgan fingerprint density at radius 3 is 0.683 bits per heavy atom. The van der Waals surface area contributed by atoms with E-state index in [1.807, 2.05) is 0 Å². The molecule has 0 saturated heterocycles. The second-order valence-electron chi connectivity index (χ2n) is 20.7. The van der Waals surface area contributed by atoms with Gasteiger partial charge in [-0.2, -0.15) is 0 Å². The predicted octanol–water partition coefficient (Wildman–Crippen LogP) is 22.6. The van der Waals surface area contributed by atoms with Crippen LogP contribution >= 0.6 is 0 Å². The lowest BCUT2D eigenvalue weighted by Crippen LogP contribution is -2.05. The van der Waals surface area contributed by atoms with Crippen molar-refractivity contribution in [2.75, 3.05) is 6.61 Å². The van der Waals surface area contributed by atoms with Gasteiger partial charge in [0.25, 0.3) is 0 Å². The van der Waals surface area contributed by atoms with Crippen LogP contribution in [0.15, 0.2) is 12.2 Å². The smallest absolute Gasteiger partial charge is 0.305 e. The van der Waals surface area contributed by atoms with Gasteiger partial charge in [-0.05, 0) is 38.5 Å². The Labute approximate surface area is 399 Å².